The Labute approximate surface area is 199 Å². The predicted molar refractivity (Wildman–Crippen MR) is 127 cm³/mol. The van der Waals surface area contributed by atoms with E-state index in [1.54, 1.807) is 42.7 Å². The first-order valence-electron chi connectivity index (χ1n) is 10.5. The molecule has 2 heterocycles. The molecule has 4 rings (SSSR count). The number of hydrogen-bond donors (Lipinski definition) is 2. The number of nitrogens with one attached hydrogen (secondary N) is 1. The van der Waals surface area contributed by atoms with Crippen molar-refractivity contribution in [3.05, 3.63) is 131 Å². The lowest BCUT2D eigenvalue weighted by Crippen LogP contribution is -2.19. The van der Waals surface area contributed by atoms with E-state index in [1.807, 2.05) is 36.4 Å². The van der Waals surface area contributed by atoms with Gasteiger partial charge in [-0.05, 0) is 59.2 Å². The molecule has 0 aliphatic carbocycles. The van der Waals surface area contributed by atoms with Gasteiger partial charge in [0.15, 0.2) is 0 Å². The van der Waals surface area contributed by atoms with Crippen LogP contribution in [0.25, 0.3) is 0 Å². The molecule has 2 aromatic heterocycles. The molecular formula is C26H21FN4O2S. The summed E-state index contributed by atoms with van der Waals surface area (Å²) >= 11 is -2.16. The minimum absolute atomic E-state index is 0.113. The van der Waals surface area contributed by atoms with E-state index in [4.69, 9.17) is 9.54 Å². The zero-order valence-electron chi connectivity index (χ0n) is 18.0. The van der Waals surface area contributed by atoms with Crippen LogP contribution < -0.4 is 4.72 Å². The molecule has 0 radical (unpaired) electrons. The summed E-state index contributed by atoms with van der Waals surface area (Å²) in [5.74, 6) is -0.901. The zero-order valence-corrected chi connectivity index (χ0v) is 18.8. The summed E-state index contributed by atoms with van der Waals surface area (Å²) in [7, 11) is 0. The molecule has 3 atom stereocenters. The Morgan fingerprint density at radius 3 is 2.29 bits per heavy atom. The second kappa shape index (κ2) is 10.9. The molecule has 170 valence electrons. The van der Waals surface area contributed by atoms with Gasteiger partial charge in [0.2, 0.25) is 11.3 Å². The highest BCUT2D eigenvalue weighted by Crippen LogP contribution is 2.42. The zero-order chi connectivity index (χ0) is 23.9. The molecule has 0 saturated carbocycles. The Balaban J connectivity index is 1.89. The van der Waals surface area contributed by atoms with Crippen LogP contribution in [0.5, 0.6) is 0 Å². The topological polar surface area (TPSA) is 98.9 Å². The Bertz CT molecular complexity index is 1310. The van der Waals surface area contributed by atoms with Crippen molar-refractivity contribution in [2.45, 2.75) is 18.4 Å². The van der Waals surface area contributed by atoms with Crippen molar-refractivity contribution in [3.63, 3.8) is 0 Å². The maximum atomic E-state index is 13.8. The minimum atomic E-state index is -2.16. The van der Waals surface area contributed by atoms with Crippen LogP contribution in [0.15, 0.2) is 91.3 Å². The number of halogens is 1. The fraction of sp³-hybridized carbons (Fsp3) is 0.115. The molecule has 2 unspecified atom stereocenters. The molecule has 0 aliphatic rings. The van der Waals surface area contributed by atoms with Crippen LogP contribution in [0, 0.1) is 17.1 Å². The van der Waals surface area contributed by atoms with Gasteiger partial charge in [-0.15, -0.1) is 0 Å². The van der Waals surface area contributed by atoms with Crippen LogP contribution >= 0.6 is 0 Å². The average molecular weight is 473 g/mol. The van der Waals surface area contributed by atoms with Crippen LogP contribution in [0.3, 0.4) is 0 Å². The maximum absolute atomic E-state index is 13.8. The summed E-state index contributed by atoms with van der Waals surface area (Å²) in [6, 6.07) is 25.2. The Hall–Kier alpha value is -3.77. The summed E-state index contributed by atoms with van der Waals surface area (Å²) in [5, 5.41) is 9.24. The predicted octanol–water partition coefficient (Wildman–Crippen LogP) is 4.68. The van der Waals surface area contributed by atoms with Crippen molar-refractivity contribution in [1.82, 2.24) is 14.7 Å². The molecule has 0 bridgehead atoms. The van der Waals surface area contributed by atoms with Gasteiger partial charge in [0, 0.05) is 29.9 Å². The molecule has 8 heteroatoms. The summed E-state index contributed by atoms with van der Waals surface area (Å²) in [5.41, 5.74) is 4.59. The van der Waals surface area contributed by atoms with Crippen molar-refractivity contribution in [2.75, 3.05) is 0 Å². The molecule has 2 aromatic carbocycles. The highest BCUT2D eigenvalue weighted by Gasteiger charge is 2.30. The molecule has 4 aromatic rings. The summed E-state index contributed by atoms with van der Waals surface area (Å²) in [6.45, 7) is 0.113. The molecule has 2 N–H and O–H groups in total. The first-order valence-corrected chi connectivity index (χ1v) is 11.6. The average Bonchev–Trinajstić information content (AvgIpc) is 2.87. The van der Waals surface area contributed by atoms with Crippen molar-refractivity contribution in [2.24, 2.45) is 0 Å². The number of hydrogen-bond acceptors (Lipinski definition) is 4. The van der Waals surface area contributed by atoms with Crippen molar-refractivity contribution in [1.29, 1.82) is 5.26 Å². The Morgan fingerprint density at radius 1 is 0.941 bits per heavy atom. The Morgan fingerprint density at radius 2 is 1.65 bits per heavy atom. The number of nitriles is 1. The second-order valence-corrected chi connectivity index (χ2v) is 8.44. The first-order chi connectivity index (χ1) is 16.5. The minimum Gasteiger partial charge on any atom is -0.294 e. The molecule has 0 amide bonds. The third-order valence-corrected chi connectivity index (χ3v) is 5.92. The van der Waals surface area contributed by atoms with Gasteiger partial charge in [-0.1, -0.05) is 36.4 Å². The van der Waals surface area contributed by atoms with Gasteiger partial charge in [0.1, 0.15) is 5.82 Å². The highest BCUT2D eigenvalue weighted by atomic mass is 32.2. The van der Waals surface area contributed by atoms with Crippen molar-refractivity contribution >= 4 is 11.3 Å². The molecular weight excluding hydrogens is 451 g/mol. The van der Waals surface area contributed by atoms with Gasteiger partial charge in [-0.3, -0.25) is 14.5 Å². The van der Waals surface area contributed by atoms with E-state index in [2.05, 4.69) is 15.8 Å². The second-order valence-electron chi connectivity index (χ2n) is 7.65. The quantitative estimate of drug-likeness (QED) is 0.363. The van der Waals surface area contributed by atoms with Crippen LogP contribution in [-0.4, -0.2) is 18.7 Å². The SMILES string of the molecule is N#Cc1ccc(C(c2cccnc2)[C@H](c2ccc(F)cc2)c2cccc(CNS(=O)O)n2)cc1. The molecule has 34 heavy (non-hydrogen) atoms. The summed E-state index contributed by atoms with van der Waals surface area (Å²) < 4.78 is 36.4. The highest BCUT2D eigenvalue weighted by molar-refractivity contribution is 7.77. The number of benzene rings is 2. The number of nitrogens with zero attached hydrogens (tertiary/aromatic N) is 3. The molecule has 0 saturated heterocycles. The van der Waals surface area contributed by atoms with E-state index in [0.29, 0.717) is 17.0 Å². The largest absolute Gasteiger partial charge is 0.294 e. The number of aromatic nitrogens is 2. The standard InChI is InChI=1S/C26H21FN4O2S/c27-22-12-10-20(11-13-22)26(24-5-1-4-23(31-24)17-30-34(32)33)25(21-3-2-14-29-16-21)19-8-6-18(15-28)7-9-19/h1-14,16,25-26,30H,17H2,(H,32,33)/t25?,26-/m1/s1. The van der Waals surface area contributed by atoms with Gasteiger partial charge in [0.25, 0.3) is 0 Å². The van der Waals surface area contributed by atoms with Gasteiger partial charge in [-0.25, -0.2) is 13.3 Å². The smallest absolute Gasteiger partial charge is 0.232 e. The maximum Gasteiger partial charge on any atom is 0.232 e. The van der Waals surface area contributed by atoms with Gasteiger partial charge in [0.05, 0.1) is 23.9 Å². The van der Waals surface area contributed by atoms with E-state index in [0.717, 1.165) is 16.7 Å². The lowest BCUT2D eigenvalue weighted by atomic mass is 9.75. The third kappa shape index (κ3) is 5.58. The van der Waals surface area contributed by atoms with Gasteiger partial charge >= 0.3 is 0 Å². The lowest BCUT2D eigenvalue weighted by Gasteiger charge is -2.29. The third-order valence-electron chi connectivity index (χ3n) is 5.53. The van der Waals surface area contributed by atoms with Crippen molar-refractivity contribution < 1.29 is 13.2 Å². The van der Waals surface area contributed by atoms with Crippen molar-refractivity contribution in [3.8, 4) is 6.07 Å². The van der Waals surface area contributed by atoms with Crippen LogP contribution in [0.2, 0.25) is 0 Å². The monoisotopic (exact) mass is 472 g/mol. The van der Waals surface area contributed by atoms with E-state index in [-0.39, 0.29) is 24.2 Å². The van der Waals surface area contributed by atoms with Gasteiger partial charge in [-0.2, -0.15) is 5.26 Å². The van der Waals surface area contributed by atoms with E-state index in [9.17, 15) is 13.9 Å². The molecule has 6 nitrogen and oxygen atoms in total. The van der Waals surface area contributed by atoms with E-state index >= 15 is 0 Å². The molecule has 0 aliphatic heterocycles. The lowest BCUT2D eigenvalue weighted by molar-refractivity contribution is 0.547. The first kappa shape index (κ1) is 23.4. The molecule has 0 fully saturated rings. The number of rotatable bonds is 8. The fourth-order valence-corrected chi connectivity index (χ4v) is 4.28. The summed E-state index contributed by atoms with van der Waals surface area (Å²) in [4.78, 5) is 9.09. The van der Waals surface area contributed by atoms with Crippen LogP contribution in [0.1, 0.15) is 45.5 Å². The number of pyridine rings is 2. The molecule has 0 spiro atoms. The fourth-order valence-electron chi connectivity index (χ4n) is 4.01. The van der Waals surface area contributed by atoms with E-state index < -0.39 is 11.3 Å². The summed E-state index contributed by atoms with van der Waals surface area (Å²) in [6.07, 6.45) is 3.49. The Kier molecular flexibility index (Phi) is 7.50. The van der Waals surface area contributed by atoms with Crippen LogP contribution in [-0.2, 0) is 17.8 Å². The van der Waals surface area contributed by atoms with Gasteiger partial charge < -0.3 is 0 Å². The van der Waals surface area contributed by atoms with E-state index in [1.165, 1.54) is 12.1 Å². The van der Waals surface area contributed by atoms with Crippen LogP contribution in [0.4, 0.5) is 4.39 Å². The normalized spacial score (nSPS) is 13.6.